The number of ether oxygens (including phenoxy) is 1. The molecule has 0 amide bonds. The third-order valence-electron chi connectivity index (χ3n) is 5.88. The van der Waals surface area contributed by atoms with Gasteiger partial charge in [0.1, 0.15) is 23.5 Å². The summed E-state index contributed by atoms with van der Waals surface area (Å²) < 4.78 is 7.26. The van der Waals surface area contributed by atoms with Crippen LogP contribution in [0.5, 0.6) is 5.75 Å². The van der Waals surface area contributed by atoms with Gasteiger partial charge in [0.15, 0.2) is 0 Å². The molecule has 0 saturated heterocycles. The number of anilines is 1. The average Bonchev–Trinajstić information content (AvgIpc) is 3.62. The fraction of sp³-hybridized carbons (Fsp3) is 0.231. The van der Waals surface area contributed by atoms with Gasteiger partial charge in [0.05, 0.1) is 24.7 Å². The highest BCUT2D eigenvalue weighted by molar-refractivity contribution is 6.09. The highest BCUT2D eigenvalue weighted by Crippen LogP contribution is 2.29. The molecule has 0 aliphatic heterocycles. The number of aliphatic imine (C=N–C) groups is 1. The number of imidazole rings is 1. The Balaban J connectivity index is 1.25. The van der Waals surface area contributed by atoms with Crippen molar-refractivity contribution in [3.63, 3.8) is 0 Å². The van der Waals surface area contributed by atoms with E-state index < -0.39 is 0 Å². The van der Waals surface area contributed by atoms with Gasteiger partial charge >= 0.3 is 0 Å². The maximum Gasteiger partial charge on any atom is 0.140 e. The first-order chi connectivity index (χ1) is 16.7. The monoisotopic (exact) mass is 453 g/mol. The van der Waals surface area contributed by atoms with Crippen molar-refractivity contribution in [2.75, 3.05) is 19.0 Å². The molecular formula is C26H27N7O. The summed E-state index contributed by atoms with van der Waals surface area (Å²) in [5, 5.41) is 3.38. The molecule has 3 N–H and O–H groups in total. The number of allylic oxidation sites excluding steroid dienone is 1. The van der Waals surface area contributed by atoms with E-state index in [-0.39, 0.29) is 0 Å². The van der Waals surface area contributed by atoms with Crippen LogP contribution < -0.4 is 15.8 Å². The number of nitrogens with zero attached hydrogens (tertiary/aromatic N) is 5. The normalized spacial score (nSPS) is 14.1. The lowest BCUT2D eigenvalue weighted by molar-refractivity contribution is 0.414. The summed E-state index contributed by atoms with van der Waals surface area (Å²) in [7, 11) is 1.64. The number of hydrogen-bond donors (Lipinski definition) is 2. The summed E-state index contributed by atoms with van der Waals surface area (Å²) in [6, 6.07) is 14.0. The number of hydrogen-bond acceptors (Lipinski definition) is 7. The van der Waals surface area contributed by atoms with Crippen LogP contribution in [-0.4, -0.2) is 39.2 Å². The molecule has 3 aromatic heterocycles. The summed E-state index contributed by atoms with van der Waals surface area (Å²) in [5.41, 5.74) is 11.4. The van der Waals surface area contributed by atoms with Crippen LogP contribution >= 0.6 is 0 Å². The Kier molecular flexibility index (Phi) is 6.20. The van der Waals surface area contributed by atoms with Crippen molar-refractivity contribution in [1.29, 1.82) is 0 Å². The highest BCUT2D eigenvalue weighted by Gasteiger charge is 2.19. The number of nitrogens with two attached hydrogens (primary N) is 1. The second-order valence-corrected chi connectivity index (χ2v) is 8.34. The smallest absolute Gasteiger partial charge is 0.140 e. The predicted molar refractivity (Wildman–Crippen MR) is 135 cm³/mol. The van der Waals surface area contributed by atoms with Crippen molar-refractivity contribution in [2.45, 2.75) is 19.4 Å². The molecule has 172 valence electrons. The molecule has 0 atom stereocenters. The zero-order valence-corrected chi connectivity index (χ0v) is 19.1. The SMILES string of the molecule is COc1ccn2c(-c3cc(NCc4ccc(C(C=NCC5CC5)=CN)cc4)ncn3)cnc2c1. The largest absolute Gasteiger partial charge is 0.497 e. The van der Waals surface area contributed by atoms with Crippen molar-refractivity contribution < 1.29 is 4.74 Å². The first kappa shape index (κ1) is 21.6. The van der Waals surface area contributed by atoms with E-state index >= 15 is 0 Å². The van der Waals surface area contributed by atoms with Crippen LogP contribution in [0, 0.1) is 5.92 Å². The third kappa shape index (κ3) is 4.91. The van der Waals surface area contributed by atoms with Crippen molar-refractivity contribution in [3.8, 4) is 17.1 Å². The Bertz CT molecular complexity index is 1340. The van der Waals surface area contributed by atoms with Crippen molar-refractivity contribution in [1.82, 2.24) is 19.4 Å². The quantitative estimate of drug-likeness (QED) is 0.368. The van der Waals surface area contributed by atoms with E-state index in [0.29, 0.717) is 6.54 Å². The molecule has 0 bridgehead atoms. The van der Waals surface area contributed by atoms with Crippen LogP contribution in [0.2, 0.25) is 0 Å². The van der Waals surface area contributed by atoms with E-state index in [0.717, 1.165) is 57.8 Å². The van der Waals surface area contributed by atoms with Crippen LogP contribution in [-0.2, 0) is 6.54 Å². The molecule has 1 aromatic carbocycles. The lowest BCUT2D eigenvalue weighted by atomic mass is 10.1. The molecule has 4 aromatic rings. The zero-order chi connectivity index (χ0) is 23.3. The lowest BCUT2D eigenvalue weighted by Gasteiger charge is -2.09. The standard InChI is InChI=1S/C26H27N7O/c1-34-22-8-9-33-24(16-30-26(33)10-22)23-11-25(32-17-31-23)29-14-19-4-6-20(7-5-19)21(12-27)15-28-13-18-2-3-18/h4-12,15-18H,2-3,13-14,27H2,1H3,(H,29,31,32). The minimum atomic E-state index is 0.637. The molecule has 0 spiro atoms. The first-order valence-electron chi connectivity index (χ1n) is 11.3. The molecule has 34 heavy (non-hydrogen) atoms. The molecule has 1 aliphatic carbocycles. The fourth-order valence-corrected chi connectivity index (χ4v) is 3.69. The molecule has 1 aliphatic rings. The summed E-state index contributed by atoms with van der Waals surface area (Å²) in [4.78, 5) is 17.8. The summed E-state index contributed by atoms with van der Waals surface area (Å²) in [6.45, 7) is 1.53. The summed E-state index contributed by atoms with van der Waals surface area (Å²) in [6.07, 6.45) is 11.4. The lowest BCUT2D eigenvalue weighted by Crippen LogP contribution is -2.03. The van der Waals surface area contributed by atoms with Gasteiger partial charge in [0.2, 0.25) is 0 Å². The predicted octanol–water partition coefficient (Wildman–Crippen LogP) is 4.19. The summed E-state index contributed by atoms with van der Waals surface area (Å²) in [5.74, 6) is 2.27. The molecule has 0 unspecified atom stereocenters. The van der Waals surface area contributed by atoms with Crippen molar-refractivity contribution in [2.24, 2.45) is 16.6 Å². The molecule has 1 saturated carbocycles. The van der Waals surface area contributed by atoms with Gasteiger partial charge in [0, 0.05) is 49.4 Å². The Morgan fingerprint density at radius 3 is 2.79 bits per heavy atom. The molecule has 0 radical (unpaired) electrons. The van der Waals surface area contributed by atoms with E-state index in [4.69, 9.17) is 10.5 Å². The van der Waals surface area contributed by atoms with Crippen molar-refractivity contribution in [3.05, 3.63) is 78.5 Å². The Hall–Kier alpha value is -4.20. The van der Waals surface area contributed by atoms with Gasteiger partial charge in [-0.25, -0.2) is 15.0 Å². The topological polar surface area (TPSA) is 103 Å². The average molecular weight is 454 g/mol. The maximum atomic E-state index is 5.82. The zero-order valence-electron chi connectivity index (χ0n) is 19.1. The van der Waals surface area contributed by atoms with Gasteiger partial charge in [-0.15, -0.1) is 0 Å². The van der Waals surface area contributed by atoms with Crippen LogP contribution in [0.1, 0.15) is 24.0 Å². The number of aromatic nitrogens is 4. The third-order valence-corrected chi connectivity index (χ3v) is 5.88. The molecular weight excluding hydrogens is 426 g/mol. The van der Waals surface area contributed by atoms with E-state index in [1.807, 2.05) is 35.0 Å². The number of benzene rings is 1. The van der Waals surface area contributed by atoms with Gasteiger partial charge in [-0.1, -0.05) is 24.3 Å². The van der Waals surface area contributed by atoms with Crippen LogP contribution in [0.15, 0.2) is 72.4 Å². The Morgan fingerprint density at radius 2 is 2.03 bits per heavy atom. The molecule has 5 rings (SSSR count). The van der Waals surface area contributed by atoms with Crippen molar-refractivity contribution >= 4 is 23.3 Å². The van der Waals surface area contributed by atoms with E-state index in [2.05, 4.69) is 49.5 Å². The van der Waals surface area contributed by atoms with Crippen LogP contribution in [0.4, 0.5) is 5.82 Å². The second-order valence-electron chi connectivity index (χ2n) is 8.34. The molecule has 8 heteroatoms. The maximum absolute atomic E-state index is 5.82. The van der Waals surface area contributed by atoms with Gasteiger partial charge < -0.3 is 15.8 Å². The van der Waals surface area contributed by atoms with Gasteiger partial charge in [-0.3, -0.25) is 9.39 Å². The first-order valence-corrected chi connectivity index (χ1v) is 11.3. The fourth-order valence-electron chi connectivity index (χ4n) is 3.69. The summed E-state index contributed by atoms with van der Waals surface area (Å²) >= 11 is 0. The second kappa shape index (κ2) is 9.74. The van der Waals surface area contributed by atoms with Crippen LogP contribution in [0.3, 0.4) is 0 Å². The number of nitrogens with one attached hydrogen (secondary N) is 1. The van der Waals surface area contributed by atoms with Crippen LogP contribution in [0.25, 0.3) is 22.6 Å². The number of rotatable bonds is 9. The highest BCUT2D eigenvalue weighted by atomic mass is 16.5. The molecule has 3 heterocycles. The Morgan fingerprint density at radius 1 is 1.18 bits per heavy atom. The van der Waals surface area contributed by atoms with E-state index in [9.17, 15) is 0 Å². The van der Waals surface area contributed by atoms with E-state index in [1.54, 1.807) is 25.8 Å². The minimum absolute atomic E-state index is 0.637. The molecule has 8 nitrogen and oxygen atoms in total. The number of pyridine rings is 1. The number of fused-ring (bicyclic) bond motifs is 1. The van der Waals surface area contributed by atoms with Gasteiger partial charge in [0.25, 0.3) is 0 Å². The van der Waals surface area contributed by atoms with Gasteiger partial charge in [-0.2, -0.15) is 0 Å². The Labute approximate surface area is 198 Å². The van der Waals surface area contributed by atoms with Gasteiger partial charge in [-0.05, 0) is 36.0 Å². The van der Waals surface area contributed by atoms with E-state index in [1.165, 1.54) is 12.8 Å². The number of methoxy groups -OCH3 is 1. The minimum Gasteiger partial charge on any atom is -0.497 e. The molecule has 1 fully saturated rings.